The monoisotopic (exact) mass is 388 g/mol. The zero-order valence-electron chi connectivity index (χ0n) is 13.5. The first-order chi connectivity index (χ1) is 11.5. The molecule has 5 aliphatic carbocycles. The van der Waals surface area contributed by atoms with Crippen molar-refractivity contribution < 1.29 is 9.90 Å². The number of hydrogen-bond acceptors (Lipinski definition) is 3. The molecule has 0 amide bonds. The van der Waals surface area contributed by atoms with E-state index in [4.69, 9.17) is 0 Å². The van der Waals surface area contributed by atoms with Crippen molar-refractivity contribution >= 4 is 33.7 Å². The highest BCUT2D eigenvalue weighted by atomic mass is 79.9. The Morgan fingerprint density at radius 2 is 2.04 bits per heavy atom. The Morgan fingerprint density at radius 1 is 1.29 bits per heavy atom. The van der Waals surface area contributed by atoms with Gasteiger partial charge in [-0.1, -0.05) is 28.1 Å². The van der Waals surface area contributed by atoms with E-state index in [0.717, 1.165) is 29.3 Å². The van der Waals surface area contributed by atoms with Gasteiger partial charge in [-0.3, -0.25) is 4.98 Å². The normalized spacial score (nSPS) is 38.4. The summed E-state index contributed by atoms with van der Waals surface area (Å²) in [6, 6.07) is 0.394. The fourth-order valence-electron chi connectivity index (χ4n) is 5.84. The second-order valence-electron chi connectivity index (χ2n) is 8.11. The van der Waals surface area contributed by atoms with Crippen LogP contribution in [0.15, 0.2) is 12.3 Å². The van der Waals surface area contributed by atoms with E-state index < -0.39 is 5.97 Å². The van der Waals surface area contributed by atoms with Crippen LogP contribution in [0.1, 0.15) is 53.7 Å². The molecule has 126 valence electrons. The van der Waals surface area contributed by atoms with Crippen molar-refractivity contribution in [3.63, 3.8) is 0 Å². The minimum Gasteiger partial charge on any atom is -0.478 e. The van der Waals surface area contributed by atoms with Crippen molar-refractivity contribution in [2.75, 3.05) is 5.32 Å². The summed E-state index contributed by atoms with van der Waals surface area (Å²) in [6.07, 6.45) is 12.7. The molecular weight excluding hydrogens is 368 g/mol. The first kappa shape index (κ1) is 14.9. The van der Waals surface area contributed by atoms with Crippen LogP contribution in [0.3, 0.4) is 0 Å². The standard InChI is InChI=1S/C19H21BrN2O2/c20-19-6-10-4-11(7-19)16(12(5-10)8-19)22-17-13-2-1-3-15(13)21-9-14(17)18(23)24/h1-2,9-12,16H,3-8H2,(H,21,22)(H,23,24). The molecule has 2 unspecified atom stereocenters. The minimum atomic E-state index is -0.895. The SMILES string of the molecule is O=C(O)c1cnc2c(c1NC1C3CC4CC1CC(Br)(C4)C3)C=CC2. The maximum atomic E-state index is 11.7. The topological polar surface area (TPSA) is 62.2 Å². The van der Waals surface area contributed by atoms with Gasteiger partial charge in [-0.2, -0.15) is 0 Å². The number of carboxylic acid groups (broad SMARTS) is 1. The molecule has 1 aromatic heterocycles. The molecule has 6 rings (SSSR count). The van der Waals surface area contributed by atoms with E-state index in [2.05, 4.69) is 32.3 Å². The highest BCUT2D eigenvalue weighted by molar-refractivity contribution is 9.10. The Kier molecular flexibility index (Phi) is 3.16. The summed E-state index contributed by atoms with van der Waals surface area (Å²) in [7, 11) is 0. The van der Waals surface area contributed by atoms with Crippen LogP contribution in [-0.2, 0) is 6.42 Å². The zero-order valence-corrected chi connectivity index (χ0v) is 15.1. The Balaban J connectivity index is 1.52. The number of halogens is 1. The van der Waals surface area contributed by atoms with E-state index >= 15 is 0 Å². The number of allylic oxidation sites excluding steroid dienone is 1. The van der Waals surface area contributed by atoms with E-state index in [1.165, 1.54) is 38.3 Å². The molecule has 0 saturated heterocycles. The van der Waals surface area contributed by atoms with Gasteiger partial charge in [-0.05, 0) is 49.9 Å². The number of aromatic carboxylic acids is 1. The molecule has 4 nitrogen and oxygen atoms in total. The Labute approximate surface area is 149 Å². The largest absolute Gasteiger partial charge is 0.478 e. The van der Waals surface area contributed by atoms with Crippen molar-refractivity contribution in [2.24, 2.45) is 17.8 Å². The third-order valence-electron chi connectivity index (χ3n) is 6.53. The fraction of sp³-hybridized carbons (Fsp3) is 0.579. The molecular formula is C19H21BrN2O2. The number of rotatable bonds is 3. The van der Waals surface area contributed by atoms with Gasteiger partial charge < -0.3 is 10.4 Å². The smallest absolute Gasteiger partial charge is 0.339 e. The molecule has 5 heteroatoms. The van der Waals surface area contributed by atoms with Gasteiger partial charge in [0, 0.05) is 28.5 Å². The summed E-state index contributed by atoms with van der Waals surface area (Å²) in [4.78, 5) is 16.1. The van der Waals surface area contributed by atoms with Crippen molar-refractivity contribution in [3.8, 4) is 0 Å². The van der Waals surface area contributed by atoms with Crippen molar-refractivity contribution in [1.82, 2.24) is 4.98 Å². The van der Waals surface area contributed by atoms with Crippen LogP contribution in [0.2, 0.25) is 0 Å². The molecule has 4 bridgehead atoms. The maximum Gasteiger partial charge on any atom is 0.339 e. The number of fused-ring (bicyclic) bond motifs is 1. The van der Waals surface area contributed by atoms with Gasteiger partial charge in [-0.25, -0.2) is 4.79 Å². The number of carboxylic acids is 1. The predicted molar refractivity (Wildman–Crippen MR) is 96.6 cm³/mol. The summed E-state index contributed by atoms with van der Waals surface area (Å²) in [5.74, 6) is 1.24. The number of hydrogen-bond donors (Lipinski definition) is 2. The number of pyridine rings is 1. The third-order valence-corrected chi connectivity index (χ3v) is 7.51. The van der Waals surface area contributed by atoms with Crippen LogP contribution in [0.4, 0.5) is 5.69 Å². The van der Waals surface area contributed by atoms with Crippen LogP contribution < -0.4 is 5.32 Å². The van der Waals surface area contributed by atoms with Gasteiger partial charge in [0.1, 0.15) is 5.56 Å². The number of alkyl halides is 1. The number of aromatic nitrogens is 1. The minimum absolute atomic E-state index is 0.308. The molecule has 0 aromatic carbocycles. The Bertz CT molecular complexity index is 744. The zero-order chi connectivity index (χ0) is 16.5. The number of nitrogens with one attached hydrogen (secondary N) is 1. The first-order valence-corrected chi connectivity index (χ1v) is 9.69. The Hall–Kier alpha value is -1.36. The fourth-order valence-corrected chi connectivity index (χ4v) is 7.13. The summed E-state index contributed by atoms with van der Waals surface area (Å²) in [6.45, 7) is 0. The van der Waals surface area contributed by atoms with Crippen LogP contribution in [0, 0.1) is 17.8 Å². The lowest BCUT2D eigenvalue weighted by molar-refractivity contribution is 0.0280. The van der Waals surface area contributed by atoms with Crippen LogP contribution in [0.25, 0.3) is 6.08 Å². The molecule has 0 radical (unpaired) electrons. The van der Waals surface area contributed by atoms with E-state index in [-0.39, 0.29) is 0 Å². The van der Waals surface area contributed by atoms with Crippen LogP contribution in [-0.4, -0.2) is 26.4 Å². The predicted octanol–water partition coefficient (Wildman–Crippen LogP) is 4.10. The number of nitrogens with zero attached hydrogens (tertiary/aromatic N) is 1. The van der Waals surface area contributed by atoms with Crippen molar-refractivity contribution in [3.05, 3.63) is 29.1 Å². The van der Waals surface area contributed by atoms with E-state index in [9.17, 15) is 9.90 Å². The van der Waals surface area contributed by atoms with Crippen molar-refractivity contribution in [1.29, 1.82) is 0 Å². The van der Waals surface area contributed by atoms with E-state index in [0.29, 0.717) is 27.8 Å². The average Bonchev–Trinajstić information content (AvgIpc) is 2.97. The quantitative estimate of drug-likeness (QED) is 0.764. The lowest BCUT2D eigenvalue weighted by Crippen LogP contribution is -2.56. The highest BCUT2D eigenvalue weighted by Gasteiger charge is 2.54. The molecule has 24 heavy (non-hydrogen) atoms. The van der Waals surface area contributed by atoms with Crippen LogP contribution in [0.5, 0.6) is 0 Å². The van der Waals surface area contributed by atoms with Gasteiger partial charge in [0.25, 0.3) is 0 Å². The van der Waals surface area contributed by atoms with Gasteiger partial charge in [0.05, 0.1) is 11.4 Å². The molecule has 4 fully saturated rings. The summed E-state index contributed by atoms with van der Waals surface area (Å²) < 4.78 is 0.345. The Morgan fingerprint density at radius 3 is 2.71 bits per heavy atom. The van der Waals surface area contributed by atoms with Crippen molar-refractivity contribution in [2.45, 2.75) is 48.9 Å². The van der Waals surface area contributed by atoms with Crippen LogP contribution >= 0.6 is 15.9 Å². The molecule has 5 aliphatic rings. The van der Waals surface area contributed by atoms with Gasteiger partial charge in [0.2, 0.25) is 0 Å². The second kappa shape index (κ2) is 5.07. The van der Waals surface area contributed by atoms with Gasteiger partial charge >= 0.3 is 5.97 Å². The highest BCUT2D eigenvalue weighted by Crippen LogP contribution is 2.59. The lowest BCUT2D eigenvalue weighted by Gasteiger charge is -2.58. The number of carbonyl (C=O) groups is 1. The summed E-state index contributed by atoms with van der Waals surface area (Å²) in [5, 5.41) is 13.3. The first-order valence-electron chi connectivity index (χ1n) is 8.89. The second-order valence-corrected chi connectivity index (χ2v) is 9.79. The molecule has 2 atom stereocenters. The average molecular weight is 389 g/mol. The third kappa shape index (κ3) is 2.17. The van der Waals surface area contributed by atoms with E-state index in [1.54, 1.807) is 0 Å². The molecule has 4 saturated carbocycles. The summed E-state index contributed by atoms with van der Waals surface area (Å²) in [5.41, 5.74) is 3.07. The van der Waals surface area contributed by atoms with Gasteiger partial charge in [-0.15, -0.1) is 0 Å². The molecule has 0 spiro atoms. The van der Waals surface area contributed by atoms with E-state index in [1.807, 2.05) is 6.08 Å². The van der Waals surface area contributed by atoms with Gasteiger partial charge in [0.15, 0.2) is 0 Å². The molecule has 0 aliphatic heterocycles. The maximum absolute atomic E-state index is 11.7. The molecule has 1 aromatic rings. The number of anilines is 1. The molecule has 2 N–H and O–H groups in total. The summed E-state index contributed by atoms with van der Waals surface area (Å²) >= 11 is 4.01. The molecule has 1 heterocycles. The lowest BCUT2D eigenvalue weighted by atomic mass is 9.54.